The second kappa shape index (κ2) is 9.08. The van der Waals surface area contributed by atoms with Crippen LogP contribution in [-0.4, -0.2) is 23.7 Å². The molecular weight excluding hydrogens is 453 g/mol. The Balaban J connectivity index is 1.69. The van der Waals surface area contributed by atoms with Crippen molar-refractivity contribution in [3.05, 3.63) is 84.2 Å². The number of alkyl halides is 3. The van der Waals surface area contributed by atoms with Gasteiger partial charge in [0.25, 0.3) is 0 Å². The van der Waals surface area contributed by atoms with Crippen LogP contribution in [0.5, 0.6) is 0 Å². The lowest BCUT2D eigenvalue weighted by atomic mass is 10.0. The maximum absolute atomic E-state index is 12.9. The third kappa shape index (κ3) is 5.41. The van der Waals surface area contributed by atoms with Crippen molar-refractivity contribution in [2.45, 2.75) is 13.1 Å². The summed E-state index contributed by atoms with van der Waals surface area (Å²) >= 11 is -2.46. The molecule has 168 valence electrons. The Hall–Kier alpha value is -3.63. The van der Waals surface area contributed by atoms with Gasteiger partial charge in [0.1, 0.15) is 0 Å². The first kappa shape index (κ1) is 22.6. The summed E-state index contributed by atoms with van der Waals surface area (Å²) in [6, 6.07) is 16.8. The quantitative estimate of drug-likeness (QED) is 0.395. The third-order valence-electron chi connectivity index (χ3n) is 4.74. The van der Waals surface area contributed by atoms with Crippen LogP contribution < -0.4 is 4.72 Å². The van der Waals surface area contributed by atoms with E-state index in [1.54, 1.807) is 55.6 Å². The fourth-order valence-electron chi connectivity index (χ4n) is 3.28. The first-order chi connectivity index (χ1) is 15.7. The van der Waals surface area contributed by atoms with E-state index < -0.39 is 23.0 Å². The van der Waals surface area contributed by atoms with E-state index >= 15 is 0 Å². The number of aryl methyl sites for hydroxylation is 1. The van der Waals surface area contributed by atoms with Crippen molar-refractivity contribution >= 4 is 17.0 Å². The van der Waals surface area contributed by atoms with Crippen LogP contribution in [0.1, 0.15) is 11.3 Å². The molecule has 4 aromatic rings. The van der Waals surface area contributed by atoms with Crippen LogP contribution >= 0.6 is 0 Å². The predicted octanol–water partition coefficient (Wildman–Crippen LogP) is 5.41. The number of nitrogens with one attached hydrogen (secondary N) is 1. The standard InChI is InChI=1S/C23H17F3N4O2S/c1-14-11-17(15-5-7-18(8-6-15)23(24,25)26)13-21(28-14)20-9-10-27-22(29-20)16-3-2-4-19(12-16)30-33(31)32/h2-13,30H,1H3,(H,31,32)/p-1. The molecule has 0 radical (unpaired) electrons. The van der Waals surface area contributed by atoms with E-state index in [9.17, 15) is 21.9 Å². The van der Waals surface area contributed by atoms with Crippen LogP contribution in [0.4, 0.5) is 18.9 Å². The summed E-state index contributed by atoms with van der Waals surface area (Å²) in [7, 11) is 0. The highest BCUT2D eigenvalue weighted by Crippen LogP contribution is 2.32. The molecule has 0 saturated heterocycles. The van der Waals surface area contributed by atoms with Crippen LogP contribution in [0.25, 0.3) is 33.9 Å². The highest BCUT2D eigenvalue weighted by atomic mass is 32.2. The Morgan fingerprint density at radius 2 is 1.64 bits per heavy atom. The first-order valence-corrected chi connectivity index (χ1v) is 10.7. The SMILES string of the molecule is Cc1cc(-c2ccc(C(F)(F)F)cc2)cc(-c2ccnc(-c3cccc(NS(=O)[O-])c3)n2)n1. The molecule has 2 aromatic heterocycles. The van der Waals surface area contributed by atoms with Gasteiger partial charge in [0.2, 0.25) is 0 Å². The van der Waals surface area contributed by atoms with Gasteiger partial charge in [0, 0.05) is 34.4 Å². The Morgan fingerprint density at radius 3 is 2.33 bits per heavy atom. The third-order valence-corrected chi connectivity index (χ3v) is 5.14. The lowest BCUT2D eigenvalue weighted by Crippen LogP contribution is -2.04. The molecule has 2 heterocycles. The number of rotatable bonds is 5. The monoisotopic (exact) mass is 469 g/mol. The molecule has 6 nitrogen and oxygen atoms in total. The van der Waals surface area contributed by atoms with Gasteiger partial charge in [-0.1, -0.05) is 24.3 Å². The van der Waals surface area contributed by atoms with Gasteiger partial charge in [-0.05, 0) is 60.5 Å². The number of halogens is 3. The van der Waals surface area contributed by atoms with Gasteiger partial charge in [0.05, 0.1) is 17.0 Å². The zero-order valence-electron chi connectivity index (χ0n) is 17.1. The van der Waals surface area contributed by atoms with Crippen LogP contribution in [-0.2, 0) is 17.4 Å². The number of hydrogen-bond acceptors (Lipinski definition) is 5. The maximum atomic E-state index is 12.9. The predicted molar refractivity (Wildman–Crippen MR) is 118 cm³/mol. The lowest BCUT2D eigenvalue weighted by molar-refractivity contribution is -0.137. The van der Waals surface area contributed by atoms with Crippen LogP contribution in [0, 0.1) is 6.92 Å². The molecule has 1 atom stereocenters. The Bertz CT molecular complexity index is 1330. The minimum absolute atomic E-state index is 0.368. The second-order valence-corrected chi connectivity index (χ2v) is 7.81. The smallest absolute Gasteiger partial charge is 0.416 e. The summed E-state index contributed by atoms with van der Waals surface area (Å²) in [6.07, 6.45) is -2.84. The molecule has 0 aliphatic carbocycles. The van der Waals surface area contributed by atoms with E-state index in [2.05, 4.69) is 19.7 Å². The van der Waals surface area contributed by atoms with Gasteiger partial charge >= 0.3 is 6.18 Å². The zero-order valence-corrected chi connectivity index (χ0v) is 17.9. The summed E-state index contributed by atoms with van der Waals surface area (Å²) < 4.78 is 62.7. The van der Waals surface area contributed by atoms with E-state index in [4.69, 9.17) is 0 Å². The van der Waals surface area contributed by atoms with Crippen molar-refractivity contribution in [1.82, 2.24) is 15.0 Å². The van der Waals surface area contributed by atoms with Gasteiger partial charge in [-0.25, -0.2) is 9.97 Å². The fraction of sp³-hybridized carbons (Fsp3) is 0.0870. The minimum atomic E-state index is -4.40. The topological polar surface area (TPSA) is 90.8 Å². The van der Waals surface area contributed by atoms with Gasteiger partial charge < -0.3 is 9.27 Å². The maximum Gasteiger partial charge on any atom is 0.416 e. The first-order valence-electron chi connectivity index (χ1n) is 9.65. The molecule has 2 aromatic carbocycles. The average molecular weight is 469 g/mol. The van der Waals surface area contributed by atoms with Crippen molar-refractivity contribution in [3.63, 3.8) is 0 Å². The summed E-state index contributed by atoms with van der Waals surface area (Å²) in [5.74, 6) is 0.368. The van der Waals surface area contributed by atoms with Crippen LogP contribution in [0.2, 0.25) is 0 Å². The summed E-state index contributed by atoms with van der Waals surface area (Å²) in [4.78, 5) is 13.3. The number of pyridine rings is 1. The van der Waals surface area contributed by atoms with Gasteiger partial charge in [-0.2, -0.15) is 13.2 Å². The second-order valence-electron chi connectivity index (χ2n) is 7.14. The molecule has 0 bridgehead atoms. The Labute approximate surface area is 190 Å². The van der Waals surface area contributed by atoms with E-state index in [-0.39, 0.29) is 0 Å². The molecule has 33 heavy (non-hydrogen) atoms. The Morgan fingerprint density at radius 1 is 0.879 bits per heavy atom. The fourth-order valence-corrected chi connectivity index (χ4v) is 3.60. The lowest BCUT2D eigenvalue weighted by Gasteiger charge is -2.11. The van der Waals surface area contributed by atoms with E-state index in [1.807, 2.05) is 0 Å². The summed E-state index contributed by atoms with van der Waals surface area (Å²) in [5.41, 5.74) is 3.30. The summed E-state index contributed by atoms with van der Waals surface area (Å²) in [6.45, 7) is 1.79. The summed E-state index contributed by atoms with van der Waals surface area (Å²) in [5, 5.41) is 0. The Kier molecular flexibility index (Phi) is 6.21. The number of benzene rings is 2. The van der Waals surface area contributed by atoms with E-state index in [0.29, 0.717) is 45.3 Å². The van der Waals surface area contributed by atoms with Crippen molar-refractivity contribution in [2.24, 2.45) is 0 Å². The van der Waals surface area contributed by atoms with Crippen molar-refractivity contribution < 1.29 is 21.9 Å². The van der Waals surface area contributed by atoms with Gasteiger partial charge in [0.15, 0.2) is 5.82 Å². The number of hydrogen-bond donors (Lipinski definition) is 1. The number of aromatic nitrogens is 3. The number of anilines is 1. The van der Waals surface area contributed by atoms with Crippen LogP contribution in [0.15, 0.2) is 72.9 Å². The largest absolute Gasteiger partial charge is 0.755 e. The molecule has 0 spiro atoms. The number of nitrogens with zero attached hydrogens (tertiary/aromatic N) is 3. The molecule has 1 N–H and O–H groups in total. The van der Waals surface area contributed by atoms with Crippen molar-refractivity contribution in [1.29, 1.82) is 0 Å². The molecule has 1 unspecified atom stereocenters. The molecule has 0 aliphatic rings. The highest BCUT2D eigenvalue weighted by Gasteiger charge is 2.30. The molecule has 0 saturated carbocycles. The molecule has 0 aliphatic heterocycles. The van der Waals surface area contributed by atoms with Crippen molar-refractivity contribution in [3.8, 4) is 33.9 Å². The van der Waals surface area contributed by atoms with Gasteiger partial charge in [-0.3, -0.25) is 9.19 Å². The minimum Gasteiger partial charge on any atom is -0.755 e. The zero-order chi connectivity index (χ0) is 23.6. The van der Waals surface area contributed by atoms with Crippen LogP contribution in [0.3, 0.4) is 0 Å². The molecule has 10 heteroatoms. The average Bonchev–Trinajstić information content (AvgIpc) is 2.78. The normalized spacial score (nSPS) is 12.4. The van der Waals surface area contributed by atoms with E-state index in [1.165, 1.54) is 12.1 Å². The molecule has 0 fully saturated rings. The van der Waals surface area contributed by atoms with Crippen molar-refractivity contribution in [2.75, 3.05) is 4.72 Å². The molecule has 4 rings (SSSR count). The highest BCUT2D eigenvalue weighted by molar-refractivity contribution is 7.80. The molecule has 0 amide bonds. The van der Waals surface area contributed by atoms with E-state index in [0.717, 1.165) is 12.1 Å². The van der Waals surface area contributed by atoms with Gasteiger partial charge in [-0.15, -0.1) is 0 Å². The molecular formula is C23H16F3N4O2S-.